The summed E-state index contributed by atoms with van der Waals surface area (Å²) in [5.41, 5.74) is 7.54. The summed E-state index contributed by atoms with van der Waals surface area (Å²) in [6.07, 6.45) is -0.748. The number of halogens is 1. The lowest BCUT2D eigenvalue weighted by Crippen LogP contribution is -2.28. The molecule has 1 atom stereocenters. The average molecular weight is 382 g/mol. The van der Waals surface area contributed by atoms with Crippen LogP contribution >= 0.6 is 22.6 Å². The van der Waals surface area contributed by atoms with Gasteiger partial charge in [-0.25, -0.2) is 0 Å². The van der Waals surface area contributed by atoms with Gasteiger partial charge in [0.25, 0.3) is 5.91 Å². The SMILES string of the molecule is Nc1ccc(C(O)CNC(=O)c2cccc(I)c2)cc1. The largest absolute Gasteiger partial charge is 0.399 e. The molecule has 0 aliphatic rings. The third-order valence-electron chi connectivity index (χ3n) is 2.86. The number of nitrogens with two attached hydrogens (primary N) is 1. The van der Waals surface area contributed by atoms with Gasteiger partial charge in [0.15, 0.2) is 0 Å². The van der Waals surface area contributed by atoms with Gasteiger partial charge >= 0.3 is 0 Å². The fourth-order valence-electron chi connectivity index (χ4n) is 1.76. The predicted octanol–water partition coefficient (Wildman–Crippen LogP) is 2.34. The number of anilines is 1. The number of aliphatic hydroxyl groups excluding tert-OH is 1. The molecule has 0 bridgehead atoms. The third-order valence-corrected chi connectivity index (χ3v) is 3.54. The number of hydrogen-bond donors (Lipinski definition) is 3. The highest BCUT2D eigenvalue weighted by Crippen LogP contribution is 2.14. The Balaban J connectivity index is 1.94. The van der Waals surface area contributed by atoms with E-state index in [9.17, 15) is 9.90 Å². The Labute approximate surface area is 131 Å². The highest BCUT2D eigenvalue weighted by atomic mass is 127. The van der Waals surface area contributed by atoms with Crippen LogP contribution in [0.2, 0.25) is 0 Å². The number of rotatable bonds is 4. The molecular weight excluding hydrogens is 367 g/mol. The summed E-state index contributed by atoms with van der Waals surface area (Å²) in [7, 11) is 0. The van der Waals surface area contributed by atoms with Crippen molar-refractivity contribution < 1.29 is 9.90 Å². The van der Waals surface area contributed by atoms with Crippen LogP contribution in [-0.4, -0.2) is 17.6 Å². The number of carbonyl (C=O) groups excluding carboxylic acids is 1. The van der Waals surface area contributed by atoms with Gasteiger partial charge in [0, 0.05) is 21.4 Å². The first-order chi connectivity index (χ1) is 9.56. The zero-order chi connectivity index (χ0) is 14.5. The fraction of sp³-hybridized carbons (Fsp3) is 0.133. The second-order valence-corrected chi connectivity index (χ2v) is 5.65. The maximum Gasteiger partial charge on any atom is 0.251 e. The van der Waals surface area contributed by atoms with Crippen LogP contribution in [0.25, 0.3) is 0 Å². The molecule has 2 aromatic carbocycles. The molecule has 0 saturated carbocycles. The minimum Gasteiger partial charge on any atom is -0.399 e. The van der Waals surface area contributed by atoms with Crippen molar-refractivity contribution >= 4 is 34.2 Å². The van der Waals surface area contributed by atoms with E-state index in [4.69, 9.17) is 5.73 Å². The molecule has 0 fully saturated rings. The van der Waals surface area contributed by atoms with E-state index >= 15 is 0 Å². The number of hydrogen-bond acceptors (Lipinski definition) is 3. The molecule has 2 rings (SSSR count). The highest BCUT2D eigenvalue weighted by Gasteiger charge is 2.10. The summed E-state index contributed by atoms with van der Waals surface area (Å²) >= 11 is 2.15. The van der Waals surface area contributed by atoms with Crippen LogP contribution in [0.5, 0.6) is 0 Å². The van der Waals surface area contributed by atoms with E-state index in [0.29, 0.717) is 11.3 Å². The molecule has 0 aliphatic heterocycles. The molecule has 0 aliphatic carbocycles. The molecule has 0 radical (unpaired) electrons. The quantitative estimate of drug-likeness (QED) is 0.561. The summed E-state index contributed by atoms with van der Waals surface area (Å²) in [6, 6.07) is 14.2. The molecule has 20 heavy (non-hydrogen) atoms. The van der Waals surface area contributed by atoms with Gasteiger partial charge in [-0.15, -0.1) is 0 Å². The normalized spacial score (nSPS) is 11.9. The van der Waals surface area contributed by atoms with E-state index in [2.05, 4.69) is 27.9 Å². The van der Waals surface area contributed by atoms with Gasteiger partial charge in [0.2, 0.25) is 0 Å². The Morgan fingerprint density at radius 2 is 1.95 bits per heavy atom. The fourth-order valence-corrected chi connectivity index (χ4v) is 2.30. The van der Waals surface area contributed by atoms with Crippen molar-refractivity contribution in [2.24, 2.45) is 0 Å². The van der Waals surface area contributed by atoms with Crippen molar-refractivity contribution in [3.05, 3.63) is 63.2 Å². The maximum atomic E-state index is 11.9. The third kappa shape index (κ3) is 3.94. The van der Waals surface area contributed by atoms with Crippen molar-refractivity contribution in [2.45, 2.75) is 6.10 Å². The lowest BCUT2D eigenvalue weighted by molar-refractivity contribution is 0.0916. The first kappa shape index (κ1) is 14.8. The van der Waals surface area contributed by atoms with E-state index in [1.165, 1.54) is 0 Å². The molecule has 0 heterocycles. The Bertz CT molecular complexity index is 599. The number of nitrogens with one attached hydrogen (secondary N) is 1. The van der Waals surface area contributed by atoms with Crippen molar-refractivity contribution in [1.29, 1.82) is 0 Å². The minimum atomic E-state index is -0.748. The van der Waals surface area contributed by atoms with Crippen LogP contribution in [0.15, 0.2) is 48.5 Å². The van der Waals surface area contributed by atoms with Crippen LogP contribution in [0, 0.1) is 3.57 Å². The Morgan fingerprint density at radius 3 is 2.60 bits per heavy atom. The van der Waals surface area contributed by atoms with Crippen molar-refractivity contribution in [2.75, 3.05) is 12.3 Å². The number of aliphatic hydroxyl groups is 1. The Morgan fingerprint density at radius 1 is 1.25 bits per heavy atom. The number of nitrogen functional groups attached to an aromatic ring is 1. The lowest BCUT2D eigenvalue weighted by atomic mass is 10.1. The van der Waals surface area contributed by atoms with Crippen molar-refractivity contribution in [3.8, 4) is 0 Å². The van der Waals surface area contributed by atoms with Crippen LogP contribution in [0.4, 0.5) is 5.69 Å². The summed E-state index contributed by atoms with van der Waals surface area (Å²) < 4.78 is 0.995. The molecular formula is C15H15IN2O2. The van der Waals surface area contributed by atoms with E-state index in [1.807, 2.05) is 12.1 Å². The van der Waals surface area contributed by atoms with E-state index < -0.39 is 6.10 Å². The second-order valence-electron chi connectivity index (χ2n) is 4.40. The van der Waals surface area contributed by atoms with Gasteiger partial charge in [-0.05, 0) is 58.5 Å². The number of carbonyl (C=O) groups is 1. The maximum absolute atomic E-state index is 11.9. The molecule has 1 amide bonds. The van der Waals surface area contributed by atoms with Crippen LogP contribution < -0.4 is 11.1 Å². The van der Waals surface area contributed by atoms with Crippen molar-refractivity contribution in [3.63, 3.8) is 0 Å². The summed E-state index contributed by atoms with van der Waals surface area (Å²) in [4.78, 5) is 11.9. The first-order valence-electron chi connectivity index (χ1n) is 6.13. The van der Waals surface area contributed by atoms with Crippen LogP contribution in [0.1, 0.15) is 22.0 Å². The summed E-state index contributed by atoms with van der Waals surface area (Å²) in [5, 5.41) is 12.7. The van der Waals surface area contributed by atoms with Gasteiger partial charge in [-0.1, -0.05) is 18.2 Å². The predicted molar refractivity (Wildman–Crippen MR) is 87.3 cm³/mol. The van der Waals surface area contributed by atoms with Gasteiger partial charge < -0.3 is 16.2 Å². The van der Waals surface area contributed by atoms with Gasteiger partial charge in [-0.2, -0.15) is 0 Å². The molecule has 0 spiro atoms. The highest BCUT2D eigenvalue weighted by molar-refractivity contribution is 14.1. The molecule has 5 heteroatoms. The van der Waals surface area contributed by atoms with Gasteiger partial charge in [0.1, 0.15) is 0 Å². The molecule has 2 aromatic rings. The zero-order valence-electron chi connectivity index (χ0n) is 10.7. The van der Waals surface area contributed by atoms with Crippen LogP contribution in [0.3, 0.4) is 0 Å². The number of amides is 1. The summed E-state index contributed by atoms with van der Waals surface area (Å²) in [6.45, 7) is 0.161. The smallest absolute Gasteiger partial charge is 0.251 e. The average Bonchev–Trinajstić information content (AvgIpc) is 2.45. The topological polar surface area (TPSA) is 75.3 Å². The summed E-state index contributed by atoms with van der Waals surface area (Å²) in [5.74, 6) is -0.196. The van der Waals surface area contributed by atoms with E-state index in [0.717, 1.165) is 9.13 Å². The number of benzene rings is 2. The molecule has 4 nitrogen and oxygen atoms in total. The molecule has 0 aromatic heterocycles. The Hall–Kier alpha value is -1.60. The molecule has 1 unspecified atom stereocenters. The van der Waals surface area contributed by atoms with Crippen LogP contribution in [-0.2, 0) is 0 Å². The monoisotopic (exact) mass is 382 g/mol. The first-order valence-corrected chi connectivity index (χ1v) is 7.21. The standard InChI is InChI=1S/C15H15IN2O2/c16-12-3-1-2-11(8-12)15(20)18-9-14(19)10-4-6-13(17)7-5-10/h1-8,14,19H,9,17H2,(H,18,20). The Kier molecular flexibility index (Phi) is 4.97. The second kappa shape index (κ2) is 6.71. The molecule has 4 N–H and O–H groups in total. The molecule has 104 valence electrons. The van der Waals surface area contributed by atoms with Crippen molar-refractivity contribution in [1.82, 2.24) is 5.32 Å². The van der Waals surface area contributed by atoms with Gasteiger partial charge in [-0.3, -0.25) is 4.79 Å². The molecule has 0 saturated heterocycles. The van der Waals surface area contributed by atoms with E-state index in [1.54, 1.807) is 36.4 Å². The minimum absolute atomic E-state index is 0.161. The lowest BCUT2D eigenvalue weighted by Gasteiger charge is -2.12. The zero-order valence-corrected chi connectivity index (χ0v) is 12.9. The van der Waals surface area contributed by atoms with Gasteiger partial charge in [0.05, 0.1) is 6.10 Å². The van der Waals surface area contributed by atoms with E-state index in [-0.39, 0.29) is 12.5 Å².